The highest BCUT2D eigenvalue weighted by Gasteiger charge is 2.10. The average Bonchev–Trinajstić information content (AvgIpc) is 2.16. The summed E-state index contributed by atoms with van der Waals surface area (Å²) in [5, 5.41) is 0. The number of aryl methyl sites for hydroxylation is 1. The van der Waals surface area contributed by atoms with Gasteiger partial charge in [0.25, 0.3) is 0 Å². The molecule has 14 heavy (non-hydrogen) atoms. The number of benzene rings is 1. The lowest BCUT2D eigenvalue weighted by molar-refractivity contribution is 0.354. The number of ether oxygens (including phenoxy) is 2. The second-order valence-electron chi connectivity index (χ2n) is 3.72. The maximum atomic E-state index is 5.26. The van der Waals surface area contributed by atoms with Crippen molar-refractivity contribution in [1.82, 2.24) is 0 Å². The highest BCUT2D eigenvalue weighted by molar-refractivity contribution is 5.47. The van der Waals surface area contributed by atoms with E-state index < -0.39 is 0 Å². The molecule has 0 unspecified atom stereocenters. The Hall–Kier alpha value is -1.18. The molecule has 1 rings (SSSR count). The van der Waals surface area contributed by atoms with E-state index in [1.165, 1.54) is 11.1 Å². The van der Waals surface area contributed by atoms with E-state index in [2.05, 4.69) is 26.8 Å². The van der Waals surface area contributed by atoms with Gasteiger partial charge in [-0.25, -0.2) is 0 Å². The normalized spacial score (nSPS) is 10.4. The molecular weight excluding hydrogens is 176 g/mol. The van der Waals surface area contributed by atoms with E-state index in [0.29, 0.717) is 5.92 Å². The molecule has 0 aliphatic heterocycles. The van der Waals surface area contributed by atoms with Crippen LogP contribution >= 0.6 is 0 Å². The number of hydrogen-bond acceptors (Lipinski definition) is 2. The summed E-state index contributed by atoms with van der Waals surface area (Å²) in [6.45, 7) is 6.44. The summed E-state index contributed by atoms with van der Waals surface area (Å²) in [6, 6.07) is 4.08. The van der Waals surface area contributed by atoms with E-state index in [-0.39, 0.29) is 0 Å². The Morgan fingerprint density at radius 3 is 1.93 bits per heavy atom. The predicted molar refractivity (Wildman–Crippen MR) is 58.4 cm³/mol. The van der Waals surface area contributed by atoms with Gasteiger partial charge in [-0.2, -0.15) is 0 Å². The van der Waals surface area contributed by atoms with Gasteiger partial charge >= 0.3 is 0 Å². The van der Waals surface area contributed by atoms with Gasteiger partial charge in [-0.3, -0.25) is 0 Å². The van der Waals surface area contributed by atoms with Crippen LogP contribution in [0.2, 0.25) is 0 Å². The molecular formula is C12H18O2. The average molecular weight is 194 g/mol. The van der Waals surface area contributed by atoms with Gasteiger partial charge in [-0.05, 0) is 36.1 Å². The monoisotopic (exact) mass is 194 g/mol. The zero-order valence-corrected chi connectivity index (χ0v) is 9.55. The van der Waals surface area contributed by atoms with Crippen molar-refractivity contribution < 1.29 is 9.47 Å². The SMILES string of the molecule is COc1cc(C)c(C(C)C)cc1OC. The maximum Gasteiger partial charge on any atom is 0.161 e. The van der Waals surface area contributed by atoms with Crippen molar-refractivity contribution in [2.75, 3.05) is 14.2 Å². The van der Waals surface area contributed by atoms with Gasteiger partial charge in [0.15, 0.2) is 11.5 Å². The van der Waals surface area contributed by atoms with Gasteiger partial charge in [-0.15, -0.1) is 0 Å². The first-order chi connectivity index (χ1) is 6.60. The van der Waals surface area contributed by atoms with Gasteiger partial charge in [0.2, 0.25) is 0 Å². The quantitative estimate of drug-likeness (QED) is 0.736. The summed E-state index contributed by atoms with van der Waals surface area (Å²) in [6.07, 6.45) is 0. The first kappa shape index (κ1) is 10.9. The standard InChI is InChI=1S/C12H18O2/c1-8(2)10-7-12(14-5)11(13-4)6-9(10)3/h6-8H,1-5H3. The third-order valence-electron chi connectivity index (χ3n) is 2.39. The van der Waals surface area contributed by atoms with Crippen molar-refractivity contribution in [3.63, 3.8) is 0 Å². The van der Waals surface area contributed by atoms with Crippen LogP contribution in [-0.4, -0.2) is 14.2 Å². The van der Waals surface area contributed by atoms with Crippen LogP contribution in [-0.2, 0) is 0 Å². The minimum Gasteiger partial charge on any atom is -0.493 e. The fourth-order valence-electron chi connectivity index (χ4n) is 1.62. The van der Waals surface area contributed by atoms with Crippen molar-refractivity contribution >= 4 is 0 Å². The molecule has 1 aromatic rings. The van der Waals surface area contributed by atoms with Crippen molar-refractivity contribution in [2.45, 2.75) is 26.7 Å². The summed E-state index contributed by atoms with van der Waals surface area (Å²) >= 11 is 0. The Morgan fingerprint density at radius 1 is 1.00 bits per heavy atom. The molecule has 2 heteroatoms. The van der Waals surface area contributed by atoms with E-state index in [4.69, 9.17) is 9.47 Å². The van der Waals surface area contributed by atoms with Crippen LogP contribution in [0, 0.1) is 6.92 Å². The molecule has 0 aromatic heterocycles. The summed E-state index contributed by atoms with van der Waals surface area (Å²) in [4.78, 5) is 0. The van der Waals surface area contributed by atoms with Crippen LogP contribution in [0.1, 0.15) is 30.9 Å². The largest absolute Gasteiger partial charge is 0.493 e. The summed E-state index contributed by atoms with van der Waals surface area (Å²) in [7, 11) is 3.32. The van der Waals surface area contributed by atoms with Crippen molar-refractivity contribution in [3.8, 4) is 11.5 Å². The Bertz CT molecular complexity index is 316. The summed E-state index contributed by atoms with van der Waals surface area (Å²) in [5.74, 6) is 2.12. The molecule has 0 aliphatic carbocycles. The zero-order valence-electron chi connectivity index (χ0n) is 9.55. The van der Waals surface area contributed by atoms with E-state index in [1.807, 2.05) is 6.07 Å². The van der Waals surface area contributed by atoms with Crippen molar-refractivity contribution in [2.24, 2.45) is 0 Å². The van der Waals surface area contributed by atoms with Crippen LogP contribution in [0.15, 0.2) is 12.1 Å². The van der Waals surface area contributed by atoms with Gasteiger partial charge in [-0.1, -0.05) is 13.8 Å². The van der Waals surface area contributed by atoms with E-state index >= 15 is 0 Å². The number of hydrogen-bond donors (Lipinski definition) is 0. The van der Waals surface area contributed by atoms with Crippen LogP contribution < -0.4 is 9.47 Å². The van der Waals surface area contributed by atoms with Gasteiger partial charge in [0, 0.05) is 0 Å². The zero-order chi connectivity index (χ0) is 10.7. The summed E-state index contributed by atoms with van der Waals surface area (Å²) < 4.78 is 10.5. The fraction of sp³-hybridized carbons (Fsp3) is 0.500. The molecule has 0 saturated carbocycles. The number of methoxy groups -OCH3 is 2. The lowest BCUT2D eigenvalue weighted by Gasteiger charge is -2.14. The van der Waals surface area contributed by atoms with Crippen molar-refractivity contribution in [3.05, 3.63) is 23.3 Å². The molecule has 78 valence electrons. The minimum atomic E-state index is 0.509. The molecule has 0 fully saturated rings. The fourth-order valence-corrected chi connectivity index (χ4v) is 1.62. The molecule has 0 spiro atoms. The molecule has 1 aromatic carbocycles. The second-order valence-corrected chi connectivity index (χ2v) is 3.72. The van der Waals surface area contributed by atoms with E-state index in [1.54, 1.807) is 14.2 Å². The minimum absolute atomic E-state index is 0.509. The predicted octanol–water partition coefficient (Wildman–Crippen LogP) is 3.14. The highest BCUT2D eigenvalue weighted by Crippen LogP contribution is 2.33. The lowest BCUT2D eigenvalue weighted by Crippen LogP contribution is -1.97. The van der Waals surface area contributed by atoms with E-state index in [0.717, 1.165) is 11.5 Å². The third-order valence-corrected chi connectivity index (χ3v) is 2.39. The maximum absolute atomic E-state index is 5.26. The second kappa shape index (κ2) is 4.36. The summed E-state index contributed by atoms with van der Waals surface area (Å²) in [5.41, 5.74) is 2.56. The smallest absolute Gasteiger partial charge is 0.161 e. The molecule has 0 amide bonds. The molecule has 0 aliphatic rings. The van der Waals surface area contributed by atoms with E-state index in [9.17, 15) is 0 Å². The Kier molecular flexibility index (Phi) is 3.39. The van der Waals surface area contributed by atoms with Gasteiger partial charge in [0.1, 0.15) is 0 Å². The first-order valence-electron chi connectivity index (χ1n) is 4.82. The topological polar surface area (TPSA) is 18.5 Å². The van der Waals surface area contributed by atoms with Crippen LogP contribution in [0.25, 0.3) is 0 Å². The molecule has 0 heterocycles. The Balaban J connectivity index is 3.23. The molecule has 0 saturated heterocycles. The molecule has 0 radical (unpaired) electrons. The Morgan fingerprint density at radius 2 is 1.50 bits per heavy atom. The van der Waals surface area contributed by atoms with Gasteiger partial charge in [0.05, 0.1) is 14.2 Å². The molecule has 2 nitrogen and oxygen atoms in total. The highest BCUT2D eigenvalue weighted by atomic mass is 16.5. The van der Waals surface area contributed by atoms with Crippen LogP contribution in [0.3, 0.4) is 0 Å². The van der Waals surface area contributed by atoms with Crippen LogP contribution in [0.5, 0.6) is 11.5 Å². The number of rotatable bonds is 3. The first-order valence-corrected chi connectivity index (χ1v) is 4.82. The molecule has 0 N–H and O–H groups in total. The Labute approximate surface area is 85.8 Å². The third kappa shape index (κ3) is 2.00. The molecule has 0 atom stereocenters. The lowest BCUT2D eigenvalue weighted by atomic mass is 9.97. The van der Waals surface area contributed by atoms with Gasteiger partial charge < -0.3 is 9.47 Å². The molecule has 0 bridgehead atoms. The van der Waals surface area contributed by atoms with Crippen LogP contribution in [0.4, 0.5) is 0 Å². The van der Waals surface area contributed by atoms with Crippen molar-refractivity contribution in [1.29, 1.82) is 0 Å².